The van der Waals surface area contributed by atoms with Crippen molar-refractivity contribution >= 4 is 10.0 Å². The van der Waals surface area contributed by atoms with Crippen LogP contribution in [0.4, 0.5) is 0 Å². The Kier molecular flexibility index (Phi) is 4.96. The molecule has 1 aliphatic carbocycles. The molecule has 1 fully saturated rings. The Morgan fingerprint density at radius 2 is 1.89 bits per heavy atom. The van der Waals surface area contributed by atoms with Crippen molar-refractivity contribution in [3.8, 4) is 0 Å². The molecular formula is C14H21NO3S. The lowest BCUT2D eigenvalue weighted by Crippen LogP contribution is -2.45. The first kappa shape index (κ1) is 14.5. The van der Waals surface area contributed by atoms with Crippen LogP contribution in [0.15, 0.2) is 30.3 Å². The number of aliphatic hydroxyl groups is 1. The van der Waals surface area contributed by atoms with Crippen molar-refractivity contribution in [3.05, 3.63) is 35.9 Å². The maximum Gasteiger partial charge on any atom is 0.218 e. The zero-order valence-corrected chi connectivity index (χ0v) is 11.8. The predicted octanol–water partition coefficient (Wildman–Crippen LogP) is 1.75. The van der Waals surface area contributed by atoms with Crippen molar-refractivity contribution in [1.29, 1.82) is 0 Å². The molecule has 0 unspecified atom stereocenters. The Morgan fingerprint density at radius 1 is 1.21 bits per heavy atom. The van der Waals surface area contributed by atoms with E-state index >= 15 is 0 Å². The molecule has 0 heterocycles. The molecule has 0 amide bonds. The van der Waals surface area contributed by atoms with Gasteiger partial charge in [-0.15, -0.1) is 0 Å². The number of benzene rings is 1. The molecule has 1 N–H and O–H groups in total. The van der Waals surface area contributed by atoms with Gasteiger partial charge in [0.05, 0.1) is 5.75 Å². The minimum atomic E-state index is -3.29. The fourth-order valence-corrected chi connectivity index (χ4v) is 4.17. The molecule has 106 valence electrons. The van der Waals surface area contributed by atoms with E-state index < -0.39 is 10.0 Å². The molecule has 19 heavy (non-hydrogen) atoms. The third-order valence-electron chi connectivity index (χ3n) is 3.57. The van der Waals surface area contributed by atoms with E-state index in [1.54, 1.807) is 4.31 Å². The number of hydrogen-bond donors (Lipinski definition) is 1. The van der Waals surface area contributed by atoms with Gasteiger partial charge >= 0.3 is 0 Å². The fraction of sp³-hybridized carbons (Fsp3) is 0.571. The van der Waals surface area contributed by atoms with Gasteiger partial charge in [0.15, 0.2) is 0 Å². The quantitative estimate of drug-likeness (QED) is 0.829. The second-order valence-electron chi connectivity index (χ2n) is 5.01. The van der Waals surface area contributed by atoms with Crippen LogP contribution in [0.1, 0.15) is 31.2 Å². The van der Waals surface area contributed by atoms with E-state index in [-0.39, 0.29) is 18.4 Å². The van der Waals surface area contributed by atoms with Crippen LogP contribution in [-0.2, 0) is 15.8 Å². The highest BCUT2D eigenvalue weighted by Crippen LogP contribution is 2.28. The van der Waals surface area contributed by atoms with E-state index in [2.05, 4.69) is 0 Å². The highest BCUT2D eigenvalue weighted by atomic mass is 32.2. The highest BCUT2D eigenvalue weighted by Gasteiger charge is 2.33. The lowest BCUT2D eigenvalue weighted by atomic mass is 9.93. The van der Waals surface area contributed by atoms with E-state index in [1.807, 2.05) is 30.3 Å². The first-order valence-electron chi connectivity index (χ1n) is 6.78. The number of nitrogens with zero attached hydrogens (tertiary/aromatic N) is 1. The molecule has 1 aromatic rings. The summed E-state index contributed by atoms with van der Waals surface area (Å²) in [4.78, 5) is 0. The number of hydrogen-bond acceptors (Lipinski definition) is 3. The average Bonchev–Trinajstić information content (AvgIpc) is 2.32. The van der Waals surface area contributed by atoms with E-state index in [1.165, 1.54) is 0 Å². The van der Waals surface area contributed by atoms with Crippen LogP contribution >= 0.6 is 0 Å². The Morgan fingerprint density at radius 3 is 2.42 bits per heavy atom. The Labute approximate surface area is 115 Å². The van der Waals surface area contributed by atoms with Gasteiger partial charge < -0.3 is 5.11 Å². The highest BCUT2D eigenvalue weighted by molar-refractivity contribution is 7.88. The summed E-state index contributed by atoms with van der Waals surface area (Å²) in [5.41, 5.74) is 0.816. The van der Waals surface area contributed by atoms with Crippen LogP contribution in [-0.4, -0.2) is 37.0 Å². The summed E-state index contributed by atoms with van der Waals surface area (Å²) in [6.07, 6.45) is 3.49. The largest absolute Gasteiger partial charge is 0.396 e. The standard InChI is InChI=1S/C14H21NO3S/c16-11-5-10-15(14-8-4-9-14)19(17,18)12-13-6-2-1-3-7-13/h1-3,6-7,14,16H,4-5,8-12H2. The summed E-state index contributed by atoms with van der Waals surface area (Å²) >= 11 is 0. The Balaban J connectivity index is 2.09. The van der Waals surface area contributed by atoms with Crippen molar-refractivity contribution in [2.45, 2.75) is 37.5 Å². The molecule has 5 heteroatoms. The summed E-state index contributed by atoms with van der Waals surface area (Å²) in [6, 6.07) is 9.40. The summed E-state index contributed by atoms with van der Waals surface area (Å²) in [7, 11) is -3.29. The molecule has 0 bridgehead atoms. The minimum Gasteiger partial charge on any atom is -0.396 e. The Hall–Kier alpha value is -0.910. The Bertz CT molecular complexity index is 483. The zero-order chi connectivity index (χ0) is 13.7. The molecule has 0 atom stereocenters. The molecule has 0 aliphatic heterocycles. The third kappa shape index (κ3) is 3.78. The summed E-state index contributed by atoms with van der Waals surface area (Å²) in [6.45, 7) is 0.459. The van der Waals surface area contributed by atoms with Crippen molar-refractivity contribution in [2.75, 3.05) is 13.2 Å². The van der Waals surface area contributed by atoms with Gasteiger partial charge in [0.25, 0.3) is 0 Å². The molecule has 0 saturated heterocycles. The van der Waals surface area contributed by atoms with Gasteiger partial charge in [-0.3, -0.25) is 0 Å². The SMILES string of the molecule is O=S(=O)(Cc1ccccc1)N(CCCO)C1CCC1. The molecular weight excluding hydrogens is 262 g/mol. The maximum atomic E-state index is 12.5. The summed E-state index contributed by atoms with van der Waals surface area (Å²) < 4.78 is 26.6. The van der Waals surface area contributed by atoms with E-state index in [9.17, 15) is 8.42 Å². The first-order valence-corrected chi connectivity index (χ1v) is 8.39. The van der Waals surface area contributed by atoms with Gasteiger partial charge in [0.1, 0.15) is 0 Å². The minimum absolute atomic E-state index is 0.0318. The van der Waals surface area contributed by atoms with Crippen LogP contribution in [0.3, 0.4) is 0 Å². The molecule has 0 radical (unpaired) electrons. The van der Waals surface area contributed by atoms with Gasteiger partial charge in [-0.2, -0.15) is 4.31 Å². The van der Waals surface area contributed by atoms with Crippen molar-refractivity contribution in [1.82, 2.24) is 4.31 Å². The number of aliphatic hydroxyl groups excluding tert-OH is 1. The fourth-order valence-electron chi connectivity index (χ4n) is 2.32. The van der Waals surface area contributed by atoms with Gasteiger partial charge in [-0.05, 0) is 24.8 Å². The maximum absolute atomic E-state index is 12.5. The van der Waals surface area contributed by atoms with Crippen LogP contribution in [0.5, 0.6) is 0 Å². The van der Waals surface area contributed by atoms with Crippen molar-refractivity contribution in [3.63, 3.8) is 0 Å². The number of rotatable bonds is 7. The zero-order valence-electron chi connectivity index (χ0n) is 11.0. The van der Waals surface area contributed by atoms with Gasteiger partial charge in [0, 0.05) is 19.2 Å². The van der Waals surface area contributed by atoms with Crippen LogP contribution in [0.2, 0.25) is 0 Å². The van der Waals surface area contributed by atoms with Crippen LogP contribution < -0.4 is 0 Å². The van der Waals surface area contributed by atoms with Crippen molar-refractivity contribution in [2.24, 2.45) is 0 Å². The topological polar surface area (TPSA) is 57.6 Å². The molecule has 0 aromatic heterocycles. The summed E-state index contributed by atoms with van der Waals surface area (Å²) in [5, 5.41) is 8.92. The van der Waals surface area contributed by atoms with Crippen molar-refractivity contribution < 1.29 is 13.5 Å². The summed E-state index contributed by atoms with van der Waals surface area (Å²) in [5.74, 6) is 0.0514. The second-order valence-corrected chi connectivity index (χ2v) is 6.94. The molecule has 1 aliphatic rings. The van der Waals surface area contributed by atoms with E-state index in [0.717, 1.165) is 24.8 Å². The van der Waals surface area contributed by atoms with E-state index in [0.29, 0.717) is 13.0 Å². The van der Waals surface area contributed by atoms with Crippen LogP contribution in [0, 0.1) is 0 Å². The third-order valence-corrected chi connectivity index (χ3v) is 5.46. The molecule has 1 saturated carbocycles. The lowest BCUT2D eigenvalue weighted by molar-refractivity contribution is 0.198. The number of sulfonamides is 1. The van der Waals surface area contributed by atoms with Crippen LogP contribution in [0.25, 0.3) is 0 Å². The molecule has 4 nitrogen and oxygen atoms in total. The predicted molar refractivity (Wildman–Crippen MR) is 75.1 cm³/mol. The molecule has 0 spiro atoms. The van der Waals surface area contributed by atoms with Gasteiger partial charge in [-0.1, -0.05) is 36.8 Å². The van der Waals surface area contributed by atoms with E-state index in [4.69, 9.17) is 5.11 Å². The second kappa shape index (κ2) is 6.50. The average molecular weight is 283 g/mol. The van der Waals surface area contributed by atoms with Gasteiger partial charge in [-0.25, -0.2) is 8.42 Å². The van der Waals surface area contributed by atoms with Gasteiger partial charge in [0.2, 0.25) is 10.0 Å². The molecule has 2 rings (SSSR count). The normalized spacial score (nSPS) is 16.5. The monoisotopic (exact) mass is 283 g/mol. The molecule has 1 aromatic carbocycles. The first-order chi connectivity index (χ1) is 9.13. The lowest BCUT2D eigenvalue weighted by Gasteiger charge is -2.36. The smallest absolute Gasteiger partial charge is 0.218 e.